The standard InChI is InChI=1S/C25H32Cl2N2O3/c1-7-17(4)28-25(31)19(6)29(13-20-8-9-21(26)22(27)12-20)24(30)14-32-23-11-15(2)10-16(3)18(23)5/h8-12,17,19H,7,13-14H2,1-6H3,(H,28,31)/t17-,19-/m1/s1. The number of nitrogens with one attached hydrogen (secondary N) is 1. The quantitative estimate of drug-likeness (QED) is 0.507. The molecule has 0 spiro atoms. The number of hydrogen-bond acceptors (Lipinski definition) is 3. The van der Waals surface area contributed by atoms with Crippen molar-refractivity contribution in [3.8, 4) is 5.75 Å². The van der Waals surface area contributed by atoms with Crippen molar-refractivity contribution in [3.63, 3.8) is 0 Å². The van der Waals surface area contributed by atoms with Crippen LogP contribution in [0, 0.1) is 20.8 Å². The predicted molar refractivity (Wildman–Crippen MR) is 131 cm³/mol. The van der Waals surface area contributed by atoms with Gasteiger partial charge in [0.25, 0.3) is 5.91 Å². The molecule has 0 aromatic heterocycles. The Labute approximate surface area is 201 Å². The Kier molecular flexibility index (Phi) is 9.41. The van der Waals surface area contributed by atoms with Gasteiger partial charge in [-0.15, -0.1) is 0 Å². The second kappa shape index (κ2) is 11.6. The number of rotatable bonds is 9. The van der Waals surface area contributed by atoms with Crippen LogP contribution < -0.4 is 10.1 Å². The van der Waals surface area contributed by atoms with E-state index in [1.54, 1.807) is 25.1 Å². The fourth-order valence-electron chi connectivity index (χ4n) is 3.26. The lowest BCUT2D eigenvalue weighted by Crippen LogP contribution is -2.50. The van der Waals surface area contributed by atoms with E-state index >= 15 is 0 Å². The van der Waals surface area contributed by atoms with Crippen LogP contribution in [0.5, 0.6) is 5.75 Å². The minimum atomic E-state index is -0.685. The highest BCUT2D eigenvalue weighted by Crippen LogP contribution is 2.25. The van der Waals surface area contributed by atoms with Crippen LogP contribution in [0.2, 0.25) is 10.0 Å². The monoisotopic (exact) mass is 478 g/mol. The summed E-state index contributed by atoms with van der Waals surface area (Å²) < 4.78 is 5.88. The third-order valence-corrected chi connectivity index (χ3v) is 6.36. The number of aryl methyl sites for hydroxylation is 2. The third kappa shape index (κ3) is 6.88. The van der Waals surface area contributed by atoms with Crippen LogP contribution in [-0.2, 0) is 16.1 Å². The van der Waals surface area contributed by atoms with Crippen molar-refractivity contribution >= 4 is 35.0 Å². The highest BCUT2D eigenvalue weighted by Gasteiger charge is 2.27. The molecule has 5 nitrogen and oxygen atoms in total. The molecule has 2 atom stereocenters. The molecule has 1 N–H and O–H groups in total. The topological polar surface area (TPSA) is 58.6 Å². The number of halogens is 2. The first-order chi connectivity index (χ1) is 15.0. The zero-order chi connectivity index (χ0) is 24.0. The average Bonchev–Trinajstić information content (AvgIpc) is 2.74. The van der Waals surface area contributed by atoms with E-state index in [1.807, 2.05) is 40.7 Å². The molecule has 0 fully saturated rings. The van der Waals surface area contributed by atoms with Gasteiger partial charge in [0.15, 0.2) is 6.61 Å². The molecule has 0 bridgehead atoms. The number of carbonyl (C=O) groups is 2. The Bertz CT molecular complexity index is 978. The molecule has 2 rings (SSSR count). The van der Waals surface area contributed by atoms with Gasteiger partial charge in [0, 0.05) is 12.6 Å². The van der Waals surface area contributed by atoms with Crippen LogP contribution >= 0.6 is 23.2 Å². The number of nitrogens with zero attached hydrogens (tertiary/aromatic N) is 1. The molecule has 2 amide bonds. The molecular weight excluding hydrogens is 447 g/mol. The van der Waals surface area contributed by atoms with Crippen molar-refractivity contribution < 1.29 is 14.3 Å². The molecule has 0 aliphatic carbocycles. The van der Waals surface area contributed by atoms with Crippen LogP contribution in [-0.4, -0.2) is 35.4 Å². The zero-order valence-corrected chi connectivity index (χ0v) is 21.1. The van der Waals surface area contributed by atoms with Gasteiger partial charge in [-0.25, -0.2) is 0 Å². The van der Waals surface area contributed by atoms with E-state index in [0.29, 0.717) is 15.8 Å². The average molecular weight is 479 g/mol. The Morgan fingerprint density at radius 1 is 1.06 bits per heavy atom. The molecule has 0 saturated heterocycles. The first-order valence-corrected chi connectivity index (χ1v) is 11.5. The maximum absolute atomic E-state index is 13.2. The summed E-state index contributed by atoms with van der Waals surface area (Å²) in [5.74, 6) is 0.166. The Morgan fingerprint density at radius 2 is 1.75 bits per heavy atom. The van der Waals surface area contributed by atoms with E-state index in [1.165, 1.54) is 4.90 Å². The van der Waals surface area contributed by atoms with E-state index < -0.39 is 6.04 Å². The van der Waals surface area contributed by atoms with Gasteiger partial charge >= 0.3 is 0 Å². The molecule has 32 heavy (non-hydrogen) atoms. The SMILES string of the molecule is CC[C@@H](C)NC(=O)[C@@H](C)N(Cc1ccc(Cl)c(Cl)c1)C(=O)COc1cc(C)cc(C)c1C. The smallest absolute Gasteiger partial charge is 0.261 e. The first-order valence-electron chi connectivity index (χ1n) is 10.8. The third-order valence-electron chi connectivity index (χ3n) is 5.62. The summed E-state index contributed by atoms with van der Waals surface area (Å²) in [7, 11) is 0. The molecule has 2 aromatic rings. The fraction of sp³-hybridized carbons (Fsp3) is 0.440. The predicted octanol–water partition coefficient (Wildman–Crippen LogP) is 5.63. The number of hydrogen-bond donors (Lipinski definition) is 1. The van der Waals surface area contributed by atoms with Gasteiger partial charge in [-0.3, -0.25) is 9.59 Å². The van der Waals surface area contributed by atoms with E-state index in [0.717, 1.165) is 28.7 Å². The highest BCUT2D eigenvalue weighted by molar-refractivity contribution is 6.42. The molecule has 0 aliphatic heterocycles. The van der Waals surface area contributed by atoms with Gasteiger partial charge in [0.05, 0.1) is 10.0 Å². The Hall–Kier alpha value is -2.24. The largest absolute Gasteiger partial charge is 0.483 e. The van der Waals surface area contributed by atoms with Gasteiger partial charge in [-0.1, -0.05) is 42.3 Å². The summed E-state index contributed by atoms with van der Waals surface area (Å²) in [6.07, 6.45) is 0.800. The summed E-state index contributed by atoms with van der Waals surface area (Å²) >= 11 is 12.2. The molecule has 0 heterocycles. The Morgan fingerprint density at radius 3 is 2.38 bits per heavy atom. The van der Waals surface area contributed by atoms with E-state index in [2.05, 4.69) is 11.4 Å². The lowest BCUT2D eigenvalue weighted by atomic mass is 10.1. The van der Waals surface area contributed by atoms with Gasteiger partial charge in [0.2, 0.25) is 5.91 Å². The first kappa shape index (κ1) is 26.0. The van der Waals surface area contributed by atoms with Crippen molar-refractivity contribution in [1.29, 1.82) is 0 Å². The summed E-state index contributed by atoms with van der Waals surface area (Å²) in [4.78, 5) is 27.5. The van der Waals surface area contributed by atoms with Crippen LogP contribution in [0.3, 0.4) is 0 Å². The number of amides is 2. The second-order valence-corrected chi connectivity index (χ2v) is 9.07. The van der Waals surface area contributed by atoms with E-state index in [9.17, 15) is 9.59 Å². The Balaban J connectivity index is 2.24. The number of benzene rings is 2. The van der Waals surface area contributed by atoms with Crippen LogP contribution in [0.4, 0.5) is 0 Å². The molecule has 0 unspecified atom stereocenters. The van der Waals surface area contributed by atoms with Crippen LogP contribution in [0.1, 0.15) is 49.4 Å². The summed E-state index contributed by atoms with van der Waals surface area (Å²) in [6, 6.07) is 8.50. The van der Waals surface area contributed by atoms with Gasteiger partial charge < -0.3 is 15.0 Å². The normalized spacial score (nSPS) is 12.8. The minimum absolute atomic E-state index is 0.0149. The molecule has 0 aliphatic rings. The minimum Gasteiger partial charge on any atom is -0.483 e. The molecule has 0 saturated carbocycles. The summed E-state index contributed by atoms with van der Waals surface area (Å²) in [5, 5.41) is 3.78. The maximum Gasteiger partial charge on any atom is 0.261 e. The van der Waals surface area contributed by atoms with Crippen molar-refractivity contribution in [2.75, 3.05) is 6.61 Å². The lowest BCUT2D eigenvalue weighted by molar-refractivity contribution is -0.142. The van der Waals surface area contributed by atoms with Crippen LogP contribution in [0.15, 0.2) is 30.3 Å². The molecular formula is C25H32Cl2N2O3. The number of ether oxygens (including phenoxy) is 1. The van der Waals surface area contributed by atoms with E-state index in [-0.39, 0.29) is 31.0 Å². The van der Waals surface area contributed by atoms with Crippen molar-refractivity contribution in [2.45, 2.75) is 66.6 Å². The van der Waals surface area contributed by atoms with Gasteiger partial charge in [0.1, 0.15) is 11.8 Å². The molecule has 174 valence electrons. The van der Waals surface area contributed by atoms with Crippen molar-refractivity contribution in [1.82, 2.24) is 10.2 Å². The summed E-state index contributed by atoms with van der Waals surface area (Å²) in [5.41, 5.74) is 3.92. The number of carbonyl (C=O) groups excluding carboxylic acids is 2. The van der Waals surface area contributed by atoms with Crippen molar-refractivity contribution in [3.05, 3.63) is 62.6 Å². The molecule has 0 radical (unpaired) electrons. The van der Waals surface area contributed by atoms with Gasteiger partial charge in [-0.2, -0.15) is 0 Å². The van der Waals surface area contributed by atoms with Crippen LogP contribution in [0.25, 0.3) is 0 Å². The summed E-state index contributed by atoms with van der Waals surface area (Å²) in [6.45, 7) is 11.6. The molecule has 7 heteroatoms. The zero-order valence-electron chi connectivity index (χ0n) is 19.6. The second-order valence-electron chi connectivity index (χ2n) is 8.26. The molecule has 2 aromatic carbocycles. The fourth-order valence-corrected chi connectivity index (χ4v) is 3.58. The lowest BCUT2D eigenvalue weighted by Gasteiger charge is -2.30. The van der Waals surface area contributed by atoms with Gasteiger partial charge in [-0.05, 0) is 81.5 Å². The van der Waals surface area contributed by atoms with E-state index in [4.69, 9.17) is 27.9 Å². The maximum atomic E-state index is 13.2. The van der Waals surface area contributed by atoms with Crippen molar-refractivity contribution in [2.24, 2.45) is 0 Å². The highest BCUT2D eigenvalue weighted by atomic mass is 35.5.